The third-order valence-electron chi connectivity index (χ3n) is 2.39. The lowest BCUT2D eigenvalue weighted by atomic mass is 9.98. The topological polar surface area (TPSA) is 64.6 Å². The van der Waals surface area contributed by atoms with E-state index in [1.807, 2.05) is 13.8 Å². The van der Waals surface area contributed by atoms with Crippen molar-refractivity contribution in [3.63, 3.8) is 0 Å². The largest absolute Gasteiger partial charge is 0.464 e. The lowest BCUT2D eigenvalue weighted by Gasteiger charge is -2.32. The maximum Gasteiger partial charge on any atom is 0.329 e. The van der Waals surface area contributed by atoms with Gasteiger partial charge in [-0.1, -0.05) is 5.57 Å². The Morgan fingerprint density at radius 1 is 1.47 bits per heavy atom. The van der Waals surface area contributed by atoms with Gasteiger partial charge in [0.2, 0.25) is 5.91 Å². The maximum atomic E-state index is 11.7. The van der Waals surface area contributed by atoms with Crippen LogP contribution in [0, 0.1) is 5.92 Å². The summed E-state index contributed by atoms with van der Waals surface area (Å²) >= 11 is 0. The predicted octanol–water partition coefficient (Wildman–Crippen LogP) is 0.647. The van der Waals surface area contributed by atoms with Crippen molar-refractivity contribution in [1.29, 1.82) is 0 Å². The summed E-state index contributed by atoms with van der Waals surface area (Å²) in [5.41, 5.74) is 0.884. The van der Waals surface area contributed by atoms with Crippen LogP contribution in [0.25, 0.3) is 0 Å². The summed E-state index contributed by atoms with van der Waals surface area (Å²) in [5, 5.41) is 2.66. The normalized spacial score (nSPS) is 16.6. The van der Waals surface area contributed by atoms with Gasteiger partial charge in [-0.15, -0.1) is 0 Å². The average Bonchev–Trinajstić information content (AvgIpc) is 2.12. The molecular weight excluding hydrogens is 222 g/mol. The first-order valence-corrected chi connectivity index (χ1v) is 5.74. The first kappa shape index (κ1) is 13.7. The van der Waals surface area contributed by atoms with E-state index in [1.54, 1.807) is 6.92 Å². The average molecular weight is 241 g/mol. The third kappa shape index (κ3) is 4.19. The van der Waals surface area contributed by atoms with Gasteiger partial charge >= 0.3 is 5.97 Å². The molecule has 0 aliphatic carbocycles. The van der Waals surface area contributed by atoms with Crippen molar-refractivity contribution in [2.75, 3.05) is 19.8 Å². The van der Waals surface area contributed by atoms with Gasteiger partial charge < -0.3 is 14.8 Å². The lowest BCUT2D eigenvalue weighted by molar-refractivity contribution is -0.155. The molecule has 1 saturated heterocycles. The molecule has 0 radical (unpaired) electrons. The summed E-state index contributed by atoms with van der Waals surface area (Å²) in [5.74, 6) is -0.644. The Morgan fingerprint density at radius 3 is 2.53 bits per heavy atom. The molecule has 1 unspecified atom stereocenters. The van der Waals surface area contributed by atoms with Crippen molar-refractivity contribution in [2.24, 2.45) is 5.92 Å². The number of esters is 1. The minimum Gasteiger partial charge on any atom is -0.464 e. The van der Waals surface area contributed by atoms with Gasteiger partial charge in [-0.05, 0) is 20.8 Å². The molecule has 0 spiro atoms. The molecule has 1 aliphatic heterocycles. The molecule has 0 bridgehead atoms. The molecule has 1 N–H and O–H groups in total. The SMILES string of the molecule is CCOC(=O)C(NC(=O)C=C(C)C)C1COC1. The smallest absolute Gasteiger partial charge is 0.329 e. The fourth-order valence-corrected chi connectivity index (χ4v) is 1.50. The fraction of sp³-hybridized carbons (Fsp3) is 0.667. The Hall–Kier alpha value is -1.36. The highest BCUT2D eigenvalue weighted by atomic mass is 16.5. The van der Waals surface area contributed by atoms with E-state index < -0.39 is 12.0 Å². The zero-order chi connectivity index (χ0) is 12.8. The predicted molar refractivity (Wildman–Crippen MR) is 62.3 cm³/mol. The number of amides is 1. The second-order valence-corrected chi connectivity index (χ2v) is 4.26. The van der Waals surface area contributed by atoms with E-state index in [0.29, 0.717) is 19.8 Å². The third-order valence-corrected chi connectivity index (χ3v) is 2.39. The van der Waals surface area contributed by atoms with Gasteiger partial charge in [0.15, 0.2) is 0 Å². The molecule has 1 heterocycles. The van der Waals surface area contributed by atoms with Crippen LogP contribution < -0.4 is 5.32 Å². The molecule has 1 aliphatic rings. The van der Waals surface area contributed by atoms with Gasteiger partial charge in [0, 0.05) is 12.0 Å². The van der Waals surface area contributed by atoms with E-state index in [1.165, 1.54) is 6.08 Å². The summed E-state index contributed by atoms with van der Waals surface area (Å²) in [6.07, 6.45) is 1.46. The van der Waals surface area contributed by atoms with E-state index in [-0.39, 0.29) is 11.8 Å². The van der Waals surface area contributed by atoms with Crippen molar-refractivity contribution < 1.29 is 19.1 Å². The standard InChI is InChI=1S/C12H19NO4/c1-4-17-12(15)11(9-6-16-7-9)13-10(14)5-8(2)3/h5,9,11H,4,6-7H2,1-3H3,(H,13,14). The number of carbonyl (C=O) groups is 2. The molecule has 5 heteroatoms. The Labute approximate surface area is 101 Å². The number of hydrogen-bond donors (Lipinski definition) is 1. The van der Waals surface area contributed by atoms with Gasteiger partial charge in [-0.2, -0.15) is 0 Å². The molecule has 1 rings (SSSR count). The fourth-order valence-electron chi connectivity index (χ4n) is 1.50. The maximum absolute atomic E-state index is 11.7. The van der Waals surface area contributed by atoms with Crippen molar-refractivity contribution in [3.8, 4) is 0 Å². The van der Waals surface area contributed by atoms with Crippen LogP contribution in [-0.4, -0.2) is 37.7 Å². The number of carbonyl (C=O) groups excluding carboxylic acids is 2. The van der Waals surface area contributed by atoms with Crippen LogP contribution in [0.2, 0.25) is 0 Å². The van der Waals surface area contributed by atoms with Gasteiger partial charge in [-0.3, -0.25) is 4.79 Å². The van der Waals surface area contributed by atoms with Gasteiger partial charge in [0.25, 0.3) is 0 Å². The second-order valence-electron chi connectivity index (χ2n) is 4.26. The number of hydrogen-bond acceptors (Lipinski definition) is 4. The Morgan fingerprint density at radius 2 is 2.12 bits per heavy atom. The summed E-state index contributed by atoms with van der Waals surface area (Å²) in [6, 6.07) is -0.605. The number of rotatable bonds is 5. The number of nitrogens with one attached hydrogen (secondary N) is 1. The minimum atomic E-state index is -0.605. The molecule has 17 heavy (non-hydrogen) atoms. The van der Waals surface area contributed by atoms with E-state index in [4.69, 9.17) is 9.47 Å². The number of ether oxygens (including phenoxy) is 2. The van der Waals surface area contributed by atoms with Crippen molar-refractivity contribution >= 4 is 11.9 Å². The van der Waals surface area contributed by atoms with Crippen molar-refractivity contribution in [3.05, 3.63) is 11.6 Å². The first-order chi connectivity index (χ1) is 8.04. The molecule has 0 aromatic rings. The first-order valence-electron chi connectivity index (χ1n) is 5.74. The Balaban J connectivity index is 2.60. The number of allylic oxidation sites excluding steroid dienone is 1. The van der Waals surface area contributed by atoms with Crippen LogP contribution in [0.15, 0.2) is 11.6 Å². The molecule has 0 aromatic heterocycles. The summed E-state index contributed by atoms with van der Waals surface area (Å²) in [6.45, 7) is 6.67. The monoisotopic (exact) mass is 241 g/mol. The zero-order valence-electron chi connectivity index (χ0n) is 10.5. The van der Waals surface area contributed by atoms with Crippen LogP contribution in [0.3, 0.4) is 0 Å². The van der Waals surface area contributed by atoms with E-state index in [0.717, 1.165) is 5.57 Å². The van der Waals surface area contributed by atoms with Crippen molar-refractivity contribution in [2.45, 2.75) is 26.8 Å². The van der Waals surface area contributed by atoms with Gasteiger partial charge in [0.1, 0.15) is 6.04 Å². The quantitative estimate of drug-likeness (QED) is 0.567. The van der Waals surface area contributed by atoms with Crippen LogP contribution in [0.5, 0.6) is 0 Å². The molecule has 0 saturated carbocycles. The molecule has 1 fully saturated rings. The highest BCUT2D eigenvalue weighted by Crippen LogP contribution is 2.16. The van der Waals surface area contributed by atoms with Crippen LogP contribution in [-0.2, 0) is 19.1 Å². The molecular formula is C12H19NO4. The van der Waals surface area contributed by atoms with E-state index in [2.05, 4.69) is 5.32 Å². The summed E-state index contributed by atoms with van der Waals surface area (Å²) in [7, 11) is 0. The Kier molecular flexibility index (Phi) is 5.15. The molecule has 1 atom stereocenters. The van der Waals surface area contributed by atoms with Crippen LogP contribution in [0.4, 0.5) is 0 Å². The zero-order valence-corrected chi connectivity index (χ0v) is 10.5. The molecule has 0 aromatic carbocycles. The lowest BCUT2D eigenvalue weighted by Crippen LogP contribution is -2.53. The van der Waals surface area contributed by atoms with Gasteiger partial charge in [-0.25, -0.2) is 4.79 Å². The summed E-state index contributed by atoms with van der Waals surface area (Å²) < 4.78 is 9.97. The van der Waals surface area contributed by atoms with E-state index >= 15 is 0 Å². The van der Waals surface area contributed by atoms with Crippen molar-refractivity contribution in [1.82, 2.24) is 5.32 Å². The summed E-state index contributed by atoms with van der Waals surface area (Å²) in [4.78, 5) is 23.3. The van der Waals surface area contributed by atoms with Crippen LogP contribution >= 0.6 is 0 Å². The minimum absolute atomic E-state index is 0.0172. The van der Waals surface area contributed by atoms with E-state index in [9.17, 15) is 9.59 Å². The Bertz CT molecular complexity index is 316. The molecule has 5 nitrogen and oxygen atoms in total. The molecule has 1 amide bonds. The highest BCUT2D eigenvalue weighted by molar-refractivity contribution is 5.92. The highest BCUT2D eigenvalue weighted by Gasteiger charge is 2.35. The van der Waals surface area contributed by atoms with Gasteiger partial charge in [0.05, 0.1) is 19.8 Å². The second kappa shape index (κ2) is 6.39. The molecule has 96 valence electrons. The van der Waals surface area contributed by atoms with Crippen LogP contribution in [0.1, 0.15) is 20.8 Å².